The third kappa shape index (κ3) is 4.34. The molecule has 0 saturated carbocycles. The fraction of sp³-hybridized carbons (Fsp3) is 0.316. The van der Waals surface area contributed by atoms with Crippen LogP contribution in [0.25, 0.3) is 0 Å². The number of carbonyl (C=O) groups excluding carboxylic acids is 1. The van der Waals surface area contributed by atoms with Gasteiger partial charge in [0.05, 0.1) is 23.6 Å². The number of anilines is 1. The molecule has 0 radical (unpaired) electrons. The van der Waals surface area contributed by atoms with Crippen LogP contribution < -0.4 is 19.5 Å². The molecule has 1 aliphatic rings. The first-order valence-corrected chi connectivity index (χ1v) is 10.6. The number of benzene rings is 2. The van der Waals surface area contributed by atoms with Crippen molar-refractivity contribution in [3.63, 3.8) is 0 Å². The molecule has 28 heavy (non-hydrogen) atoms. The number of fused-ring (bicyclic) bond motifs is 1. The van der Waals surface area contributed by atoms with Gasteiger partial charge in [-0.05, 0) is 36.8 Å². The molecule has 1 N–H and O–H groups in total. The Balaban J connectivity index is 1.77. The molecule has 2 aromatic carbocycles. The van der Waals surface area contributed by atoms with Gasteiger partial charge in [0.15, 0.2) is 21.3 Å². The van der Waals surface area contributed by atoms with Crippen LogP contribution in [0, 0.1) is 0 Å². The lowest BCUT2D eigenvalue weighted by molar-refractivity contribution is -0.115. The number of ether oxygens (including phenoxy) is 3. The Bertz CT molecular complexity index is 992. The average molecular weight is 426 g/mol. The zero-order valence-electron chi connectivity index (χ0n) is 15.4. The molecular weight excluding hydrogens is 406 g/mol. The fourth-order valence-corrected chi connectivity index (χ4v) is 4.30. The molecule has 1 amide bonds. The van der Waals surface area contributed by atoms with Gasteiger partial charge in [0.25, 0.3) is 0 Å². The number of hydrogen-bond donors (Lipinski definition) is 1. The topological polar surface area (TPSA) is 90.9 Å². The minimum absolute atomic E-state index is 0.272. The van der Waals surface area contributed by atoms with E-state index in [9.17, 15) is 13.2 Å². The van der Waals surface area contributed by atoms with E-state index in [4.69, 9.17) is 25.8 Å². The van der Waals surface area contributed by atoms with Crippen LogP contribution in [0.1, 0.15) is 12.5 Å². The molecular formula is C19H20ClNO6S. The van der Waals surface area contributed by atoms with E-state index < -0.39 is 21.0 Å². The first-order valence-electron chi connectivity index (χ1n) is 8.55. The van der Waals surface area contributed by atoms with Crippen LogP contribution in [0.4, 0.5) is 5.69 Å². The molecule has 9 heteroatoms. The van der Waals surface area contributed by atoms with Crippen LogP contribution in [0.5, 0.6) is 17.2 Å². The van der Waals surface area contributed by atoms with E-state index in [2.05, 4.69) is 5.32 Å². The summed E-state index contributed by atoms with van der Waals surface area (Å²) in [6, 6.07) is 9.86. The van der Waals surface area contributed by atoms with E-state index in [1.807, 2.05) is 0 Å². The molecule has 0 aliphatic carbocycles. The number of methoxy groups -OCH3 is 1. The van der Waals surface area contributed by atoms with E-state index in [1.54, 1.807) is 30.3 Å². The van der Waals surface area contributed by atoms with E-state index in [0.29, 0.717) is 41.7 Å². The van der Waals surface area contributed by atoms with Gasteiger partial charge in [0.1, 0.15) is 24.2 Å². The lowest BCUT2D eigenvalue weighted by Gasteiger charge is -2.20. The Labute approximate surface area is 168 Å². The molecule has 1 atom stereocenters. The van der Waals surface area contributed by atoms with E-state index in [1.165, 1.54) is 20.1 Å². The smallest absolute Gasteiger partial charge is 0.242 e. The summed E-state index contributed by atoms with van der Waals surface area (Å²) in [6.07, 6.45) is 0. The fourth-order valence-electron chi connectivity index (χ4n) is 2.75. The summed E-state index contributed by atoms with van der Waals surface area (Å²) in [5, 5.41) is 1.60. The van der Waals surface area contributed by atoms with Crippen LogP contribution in [0.2, 0.25) is 5.02 Å². The highest BCUT2D eigenvalue weighted by atomic mass is 35.5. The normalized spacial score (nSPS) is 14.2. The molecule has 0 saturated heterocycles. The van der Waals surface area contributed by atoms with Crippen molar-refractivity contribution in [1.82, 2.24) is 0 Å². The second-order valence-corrected chi connectivity index (χ2v) is 8.97. The molecule has 7 nitrogen and oxygen atoms in total. The van der Waals surface area contributed by atoms with Gasteiger partial charge in [0, 0.05) is 0 Å². The van der Waals surface area contributed by atoms with Gasteiger partial charge in [-0.2, -0.15) is 0 Å². The number of sulfone groups is 1. The van der Waals surface area contributed by atoms with Crippen LogP contribution in [-0.2, 0) is 20.4 Å². The maximum absolute atomic E-state index is 12.8. The molecule has 1 aliphatic heterocycles. The Hall–Kier alpha value is -2.45. The number of para-hydroxylation sites is 2. The predicted molar refractivity (Wildman–Crippen MR) is 106 cm³/mol. The quantitative estimate of drug-likeness (QED) is 0.764. The Morgan fingerprint density at radius 3 is 2.71 bits per heavy atom. The lowest BCUT2D eigenvalue weighted by atomic mass is 10.2. The van der Waals surface area contributed by atoms with Crippen molar-refractivity contribution < 1.29 is 27.4 Å². The van der Waals surface area contributed by atoms with E-state index in [-0.39, 0.29) is 10.8 Å². The summed E-state index contributed by atoms with van der Waals surface area (Å²) in [4.78, 5) is 12.5. The average Bonchev–Trinajstić information content (AvgIpc) is 2.67. The second-order valence-electron chi connectivity index (χ2n) is 6.24. The number of carbonyl (C=O) groups is 1. The first-order chi connectivity index (χ1) is 13.3. The molecule has 0 fully saturated rings. The zero-order valence-corrected chi connectivity index (χ0v) is 17.0. The van der Waals surface area contributed by atoms with Gasteiger partial charge >= 0.3 is 0 Å². The number of hydrogen-bond acceptors (Lipinski definition) is 6. The summed E-state index contributed by atoms with van der Waals surface area (Å²) in [6.45, 7) is 2.08. The molecule has 0 spiro atoms. The van der Waals surface area contributed by atoms with Crippen LogP contribution >= 0.6 is 11.6 Å². The Morgan fingerprint density at radius 1 is 1.25 bits per heavy atom. The first kappa shape index (κ1) is 20.3. The van der Waals surface area contributed by atoms with Crippen molar-refractivity contribution in [1.29, 1.82) is 0 Å². The van der Waals surface area contributed by atoms with Gasteiger partial charge in [-0.15, -0.1) is 0 Å². The second kappa shape index (κ2) is 8.28. The third-order valence-electron chi connectivity index (χ3n) is 4.30. The Kier molecular flexibility index (Phi) is 6.00. The summed E-state index contributed by atoms with van der Waals surface area (Å²) < 4.78 is 41.6. The van der Waals surface area contributed by atoms with E-state index in [0.717, 1.165) is 0 Å². The van der Waals surface area contributed by atoms with Crippen molar-refractivity contribution in [2.24, 2.45) is 0 Å². The minimum atomic E-state index is -3.80. The van der Waals surface area contributed by atoms with Crippen molar-refractivity contribution in [3.05, 3.63) is 47.0 Å². The Morgan fingerprint density at radius 2 is 1.96 bits per heavy atom. The summed E-state index contributed by atoms with van der Waals surface area (Å²) in [5.41, 5.74) is 0.825. The third-order valence-corrected chi connectivity index (χ3v) is 6.61. The highest BCUT2D eigenvalue weighted by molar-refractivity contribution is 7.92. The van der Waals surface area contributed by atoms with Gasteiger partial charge in [-0.1, -0.05) is 23.7 Å². The number of amides is 1. The predicted octanol–water partition coefficient (Wildman–Crippen LogP) is 3.06. The molecule has 0 unspecified atom stereocenters. The number of nitrogens with one attached hydrogen (secondary N) is 1. The molecule has 3 rings (SSSR count). The van der Waals surface area contributed by atoms with Crippen LogP contribution in [0.3, 0.4) is 0 Å². The maximum Gasteiger partial charge on any atom is 0.242 e. The monoisotopic (exact) mass is 425 g/mol. The maximum atomic E-state index is 12.8. The van der Waals surface area contributed by atoms with Crippen molar-refractivity contribution in [3.8, 4) is 17.2 Å². The highest BCUT2D eigenvalue weighted by Gasteiger charge is 2.30. The summed E-state index contributed by atoms with van der Waals surface area (Å²) in [7, 11) is -2.33. The molecule has 0 aromatic heterocycles. The van der Waals surface area contributed by atoms with E-state index >= 15 is 0 Å². The van der Waals surface area contributed by atoms with Gasteiger partial charge in [-0.3, -0.25) is 4.79 Å². The SMILES string of the molecule is COc1ccccc1NC(=O)[C@H](C)S(=O)(=O)Cc1cc(Cl)c2c(c1)OCCO2. The molecule has 0 bridgehead atoms. The van der Waals surface area contributed by atoms with Gasteiger partial charge < -0.3 is 19.5 Å². The largest absolute Gasteiger partial charge is 0.495 e. The molecule has 150 valence electrons. The summed E-state index contributed by atoms with van der Waals surface area (Å²) in [5.74, 6) is 0.238. The summed E-state index contributed by atoms with van der Waals surface area (Å²) >= 11 is 6.17. The van der Waals surface area contributed by atoms with Crippen molar-refractivity contribution >= 4 is 33.0 Å². The molecule has 1 heterocycles. The van der Waals surface area contributed by atoms with Crippen molar-refractivity contribution in [2.75, 3.05) is 25.6 Å². The standard InChI is InChI=1S/C19H20ClNO6S/c1-12(19(22)21-15-5-3-4-6-16(15)25-2)28(23,24)11-13-9-14(20)18-17(10-13)26-7-8-27-18/h3-6,9-10,12H,7-8,11H2,1-2H3,(H,21,22)/t12-/m0/s1. The van der Waals surface area contributed by atoms with Crippen LogP contribution in [-0.4, -0.2) is 39.9 Å². The van der Waals surface area contributed by atoms with Crippen molar-refractivity contribution in [2.45, 2.75) is 17.9 Å². The van der Waals surface area contributed by atoms with Gasteiger partial charge in [-0.25, -0.2) is 8.42 Å². The minimum Gasteiger partial charge on any atom is -0.495 e. The molecule has 2 aromatic rings. The lowest BCUT2D eigenvalue weighted by Crippen LogP contribution is -2.33. The number of rotatable bonds is 6. The zero-order chi connectivity index (χ0) is 20.3. The highest BCUT2D eigenvalue weighted by Crippen LogP contribution is 2.39. The number of halogens is 1. The van der Waals surface area contributed by atoms with Crippen LogP contribution in [0.15, 0.2) is 36.4 Å². The van der Waals surface area contributed by atoms with Gasteiger partial charge in [0.2, 0.25) is 5.91 Å².